The Bertz CT molecular complexity index is 1350. The molecule has 9 nitrogen and oxygen atoms in total. The van der Waals surface area contributed by atoms with Gasteiger partial charge in [0.1, 0.15) is 6.23 Å². The number of benzene rings is 2. The van der Waals surface area contributed by atoms with Gasteiger partial charge in [-0.1, -0.05) is 44.6 Å². The third-order valence-corrected chi connectivity index (χ3v) is 6.16. The van der Waals surface area contributed by atoms with Gasteiger partial charge >= 0.3 is 0 Å². The van der Waals surface area contributed by atoms with Crippen molar-refractivity contribution >= 4 is 28.6 Å². The summed E-state index contributed by atoms with van der Waals surface area (Å²) in [5.41, 5.74) is 4.21. The predicted molar refractivity (Wildman–Crippen MR) is 141 cm³/mol. The largest absolute Gasteiger partial charge is 0.370 e. The van der Waals surface area contributed by atoms with Crippen LogP contribution in [0, 0.1) is 5.41 Å². The number of fused-ring (bicyclic) bond motifs is 1. The smallest absolute Gasteiger partial charge is 0.296 e. The van der Waals surface area contributed by atoms with Crippen LogP contribution >= 0.6 is 0 Å². The molecule has 0 radical (unpaired) electrons. The van der Waals surface area contributed by atoms with E-state index >= 15 is 0 Å². The number of anilines is 2. The van der Waals surface area contributed by atoms with Crippen molar-refractivity contribution in [1.29, 1.82) is 0 Å². The van der Waals surface area contributed by atoms with Crippen molar-refractivity contribution in [3.63, 3.8) is 0 Å². The highest BCUT2D eigenvalue weighted by atomic mass is 16.5. The SMILES string of the molecule is C=CC(O)Nc1cccc(-n2c(NC(=O)c3ccno3)nc3cc(CN[C@@H](C)C(C)(C)C)ccc32)c1. The number of hydrogen-bond donors (Lipinski definition) is 4. The first-order chi connectivity index (χ1) is 17.2. The van der Waals surface area contributed by atoms with Crippen molar-refractivity contribution in [2.75, 3.05) is 10.6 Å². The molecule has 0 saturated carbocycles. The molecule has 4 rings (SSSR count). The van der Waals surface area contributed by atoms with Gasteiger partial charge in [0.15, 0.2) is 0 Å². The Hall–Kier alpha value is -3.95. The molecule has 0 spiro atoms. The van der Waals surface area contributed by atoms with Crippen LogP contribution in [0.1, 0.15) is 43.8 Å². The van der Waals surface area contributed by atoms with E-state index < -0.39 is 12.1 Å². The number of rotatable bonds is 9. The highest BCUT2D eigenvalue weighted by Crippen LogP contribution is 2.28. The zero-order chi connectivity index (χ0) is 25.9. The fraction of sp³-hybridized carbons (Fsp3) is 0.296. The quantitative estimate of drug-likeness (QED) is 0.199. The fourth-order valence-electron chi connectivity index (χ4n) is 3.62. The molecule has 4 aromatic rings. The van der Waals surface area contributed by atoms with Crippen LogP contribution in [0.4, 0.5) is 11.6 Å². The molecule has 0 aliphatic heterocycles. The number of amides is 1. The number of aliphatic hydroxyl groups is 1. The monoisotopic (exact) mass is 488 g/mol. The molecule has 2 atom stereocenters. The summed E-state index contributed by atoms with van der Waals surface area (Å²) in [6, 6.07) is 15.3. The lowest BCUT2D eigenvalue weighted by molar-refractivity contribution is 0.0987. The van der Waals surface area contributed by atoms with E-state index in [2.05, 4.69) is 61.4 Å². The molecule has 0 saturated heterocycles. The molecule has 36 heavy (non-hydrogen) atoms. The first kappa shape index (κ1) is 25.2. The Balaban J connectivity index is 1.72. The first-order valence-electron chi connectivity index (χ1n) is 11.8. The van der Waals surface area contributed by atoms with E-state index in [1.807, 2.05) is 41.0 Å². The molecule has 1 unspecified atom stereocenters. The van der Waals surface area contributed by atoms with Gasteiger partial charge in [-0.15, -0.1) is 0 Å². The molecular formula is C27H32N6O3. The zero-order valence-electron chi connectivity index (χ0n) is 20.9. The van der Waals surface area contributed by atoms with Crippen LogP contribution in [0.5, 0.6) is 0 Å². The van der Waals surface area contributed by atoms with Gasteiger partial charge < -0.3 is 20.3 Å². The van der Waals surface area contributed by atoms with Gasteiger partial charge in [0.05, 0.1) is 22.9 Å². The topological polar surface area (TPSA) is 117 Å². The minimum atomic E-state index is -0.893. The number of hydrogen-bond acceptors (Lipinski definition) is 7. The summed E-state index contributed by atoms with van der Waals surface area (Å²) in [7, 11) is 0. The van der Waals surface area contributed by atoms with Crippen molar-refractivity contribution in [1.82, 2.24) is 20.0 Å². The van der Waals surface area contributed by atoms with Crippen LogP contribution in [-0.2, 0) is 6.54 Å². The third kappa shape index (κ3) is 5.64. The highest BCUT2D eigenvalue weighted by molar-refractivity contribution is 6.02. The molecule has 0 aliphatic rings. The van der Waals surface area contributed by atoms with E-state index in [9.17, 15) is 9.90 Å². The molecule has 2 aromatic carbocycles. The van der Waals surface area contributed by atoms with Gasteiger partial charge in [-0.05, 0) is 54.3 Å². The predicted octanol–water partition coefficient (Wildman–Crippen LogP) is 4.71. The number of nitrogens with one attached hydrogen (secondary N) is 3. The second kappa shape index (κ2) is 10.3. The molecule has 1 amide bonds. The maximum atomic E-state index is 12.8. The van der Waals surface area contributed by atoms with Crippen molar-refractivity contribution in [3.05, 3.63) is 78.7 Å². The van der Waals surface area contributed by atoms with E-state index in [0.717, 1.165) is 22.3 Å². The van der Waals surface area contributed by atoms with E-state index in [1.165, 1.54) is 18.3 Å². The lowest BCUT2D eigenvalue weighted by atomic mass is 9.88. The summed E-state index contributed by atoms with van der Waals surface area (Å²) in [6.45, 7) is 13.1. The summed E-state index contributed by atoms with van der Waals surface area (Å²) < 4.78 is 6.86. The average Bonchev–Trinajstić information content (AvgIpc) is 3.49. The summed E-state index contributed by atoms with van der Waals surface area (Å²) in [6.07, 6.45) is 1.92. The van der Waals surface area contributed by atoms with Crippen molar-refractivity contribution in [3.8, 4) is 5.69 Å². The Morgan fingerprint density at radius 1 is 1.22 bits per heavy atom. The van der Waals surface area contributed by atoms with Gasteiger partial charge in [0.2, 0.25) is 11.7 Å². The minimum Gasteiger partial charge on any atom is -0.370 e. The maximum absolute atomic E-state index is 12.8. The fourth-order valence-corrected chi connectivity index (χ4v) is 3.62. The van der Waals surface area contributed by atoms with Crippen LogP contribution in [-0.4, -0.2) is 38.0 Å². The first-order valence-corrected chi connectivity index (χ1v) is 11.8. The Kier molecular flexibility index (Phi) is 7.23. The van der Waals surface area contributed by atoms with Gasteiger partial charge in [-0.3, -0.25) is 14.7 Å². The van der Waals surface area contributed by atoms with Crippen molar-refractivity contribution in [2.24, 2.45) is 5.41 Å². The average molecular weight is 489 g/mol. The van der Waals surface area contributed by atoms with Crippen molar-refractivity contribution < 1.29 is 14.4 Å². The Morgan fingerprint density at radius 3 is 2.72 bits per heavy atom. The summed E-state index contributed by atoms with van der Waals surface area (Å²) in [4.78, 5) is 17.5. The number of carbonyl (C=O) groups excluding carboxylic acids is 1. The van der Waals surface area contributed by atoms with Gasteiger partial charge in [-0.2, -0.15) is 0 Å². The van der Waals surface area contributed by atoms with E-state index in [0.29, 0.717) is 24.2 Å². The summed E-state index contributed by atoms with van der Waals surface area (Å²) in [5, 5.41) is 22.9. The van der Waals surface area contributed by atoms with Crippen molar-refractivity contribution in [2.45, 2.75) is 46.5 Å². The molecule has 188 valence electrons. The molecule has 4 N–H and O–H groups in total. The highest BCUT2D eigenvalue weighted by Gasteiger charge is 2.21. The van der Waals surface area contributed by atoms with Crippen LogP contribution in [0.3, 0.4) is 0 Å². The minimum absolute atomic E-state index is 0.0826. The third-order valence-electron chi connectivity index (χ3n) is 6.16. The second-order valence-corrected chi connectivity index (χ2v) is 9.77. The molecule has 2 heterocycles. The number of aromatic nitrogens is 3. The van der Waals surface area contributed by atoms with Gasteiger partial charge in [0.25, 0.3) is 5.91 Å². The maximum Gasteiger partial charge on any atom is 0.296 e. The normalized spacial score (nSPS) is 13.4. The van der Waals surface area contributed by atoms with Crippen LogP contribution < -0.4 is 16.0 Å². The molecule has 9 heteroatoms. The van der Waals surface area contributed by atoms with Crippen LogP contribution in [0.2, 0.25) is 0 Å². The Labute approximate surface area is 210 Å². The molecular weight excluding hydrogens is 456 g/mol. The lowest BCUT2D eigenvalue weighted by Gasteiger charge is -2.28. The number of carbonyl (C=O) groups is 1. The summed E-state index contributed by atoms with van der Waals surface area (Å²) in [5.74, 6) is -0.0403. The van der Waals surface area contributed by atoms with Crippen LogP contribution in [0.15, 0.2) is 71.9 Å². The molecule has 0 bridgehead atoms. The number of aliphatic hydroxyl groups excluding tert-OH is 1. The standard InChI is InChI=1S/C27H32N6O3/c1-6-24(34)30-19-8-7-9-20(15-19)33-22-11-10-18(16-28-17(2)27(3,4)5)14-21(22)31-26(33)32-25(35)23-12-13-29-36-23/h6-15,17,24,28,30,34H,1,16H2,2-5H3,(H,31,32,35)/t17-,24?/m0/s1. The number of imidazole rings is 1. The molecule has 0 aliphatic carbocycles. The second-order valence-electron chi connectivity index (χ2n) is 9.77. The number of nitrogens with zero attached hydrogens (tertiary/aromatic N) is 3. The molecule has 0 fully saturated rings. The summed E-state index contributed by atoms with van der Waals surface area (Å²) >= 11 is 0. The Morgan fingerprint density at radius 2 is 2.03 bits per heavy atom. The lowest BCUT2D eigenvalue weighted by Crippen LogP contribution is -2.37. The van der Waals surface area contributed by atoms with Crippen LogP contribution in [0.25, 0.3) is 16.7 Å². The van der Waals surface area contributed by atoms with Gasteiger partial charge in [0, 0.05) is 24.3 Å². The zero-order valence-corrected chi connectivity index (χ0v) is 20.9. The van der Waals surface area contributed by atoms with Gasteiger partial charge in [-0.25, -0.2) is 4.98 Å². The van der Waals surface area contributed by atoms with E-state index in [4.69, 9.17) is 9.51 Å². The van der Waals surface area contributed by atoms with E-state index in [-0.39, 0.29) is 11.2 Å². The van der Waals surface area contributed by atoms with E-state index in [1.54, 1.807) is 0 Å². The molecule has 2 aromatic heterocycles.